The van der Waals surface area contributed by atoms with Gasteiger partial charge in [-0.25, -0.2) is 9.29 Å². The van der Waals surface area contributed by atoms with E-state index in [-0.39, 0.29) is 11.3 Å². The van der Waals surface area contributed by atoms with Crippen molar-refractivity contribution >= 4 is 51.7 Å². The van der Waals surface area contributed by atoms with Gasteiger partial charge in [-0.15, -0.1) is 11.3 Å². The van der Waals surface area contributed by atoms with Crippen molar-refractivity contribution in [1.82, 2.24) is 0 Å². The topological polar surface area (TPSA) is 49.4 Å². The molecule has 3 aromatic rings. The molecule has 2 amide bonds. The summed E-state index contributed by atoms with van der Waals surface area (Å²) in [6.07, 6.45) is 0. The van der Waals surface area contributed by atoms with Gasteiger partial charge < -0.3 is 5.32 Å². The molecule has 0 atom stereocenters. The van der Waals surface area contributed by atoms with Crippen molar-refractivity contribution in [3.05, 3.63) is 87.0 Å². The monoisotopic (exact) mass is 412 g/mol. The highest BCUT2D eigenvalue weighted by Gasteiger charge is 2.40. The van der Waals surface area contributed by atoms with Crippen LogP contribution in [0.5, 0.6) is 0 Å². The van der Waals surface area contributed by atoms with Crippen LogP contribution >= 0.6 is 22.9 Å². The predicted octanol–water partition coefficient (Wildman–Crippen LogP) is 5.25. The maximum Gasteiger partial charge on any atom is 0.282 e. The molecule has 0 spiro atoms. The van der Waals surface area contributed by atoms with Crippen LogP contribution < -0.4 is 10.2 Å². The Bertz CT molecular complexity index is 1130. The van der Waals surface area contributed by atoms with E-state index in [1.165, 1.54) is 29.5 Å². The van der Waals surface area contributed by atoms with E-state index in [0.717, 1.165) is 10.5 Å². The van der Waals surface area contributed by atoms with Crippen molar-refractivity contribution in [1.29, 1.82) is 0 Å². The van der Waals surface area contributed by atoms with Crippen molar-refractivity contribution in [2.75, 3.05) is 10.2 Å². The number of amides is 2. The zero-order chi connectivity index (χ0) is 19.8. The number of rotatable bonds is 4. The van der Waals surface area contributed by atoms with E-state index >= 15 is 0 Å². The lowest BCUT2D eigenvalue weighted by atomic mass is 10.2. The van der Waals surface area contributed by atoms with E-state index in [1.54, 1.807) is 36.4 Å². The molecule has 0 saturated heterocycles. The van der Waals surface area contributed by atoms with Gasteiger partial charge in [-0.1, -0.05) is 29.8 Å². The Kier molecular flexibility index (Phi) is 4.75. The lowest BCUT2D eigenvalue weighted by Crippen LogP contribution is -2.32. The number of nitrogens with zero attached hydrogens (tertiary/aromatic N) is 1. The summed E-state index contributed by atoms with van der Waals surface area (Å²) in [5.41, 5.74) is 1.97. The summed E-state index contributed by atoms with van der Waals surface area (Å²) in [6, 6.07) is 14.3. The van der Waals surface area contributed by atoms with Gasteiger partial charge in [0.2, 0.25) is 0 Å². The maximum absolute atomic E-state index is 13.6. The first-order valence-corrected chi connectivity index (χ1v) is 9.67. The van der Waals surface area contributed by atoms with E-state index in [0.29, 0.717) is 21.3 Å². The lowest BCUT2D eigenvalue weighted by molar-refractivity contribution is -0.120. The Morgan fingerprint density at radius 2 is 1.86 bits per heavy atom. The van der Waals surface area contributed by atoms with E-state index in [4.69, 9.17) is 11.6 Å². The maximum atomic E-state index is 13.6. The first-order chi connectivity index (χ1) is 13.5. The minimum Gasteiger partial charge on any atom is -0.350 e. The number of imide groups is 1. The second kappa shape index (κ2) is 7.22. The molecule has 0 aliphatic carbocycles. The van der Waals surface area contributed by atoms with Crippen LogP contribution in [-0.4, -0.2) is 11.8 Å². The number of carbonyl (C=O) groups excluding carboxylic acids is 2. The summed E-state index contributed by atoms with van der Waals surface area (Å²) in [7, 11) is 0. The van der Waals surface area contributed by atoms with Crippen LogP contribution in [0, 0.1) is 12.7 Å². The third-order valence-electron chi connectivity index (χ3n) is 4.36. The van der Waals surface area contributed by atoms with Crippen molar-refractivity contribution < 1.29 is 14.0 Å². The minimum absolute atomic E-state index is 0.106. The molecule has 1 aromatic heterocycles. The molecule has 2 aromatic carbocycles. The number of thiophene rings is 1. The van der Waals surface area contributed by atoms with Gasteiger partial charge in [0, 0.05) is 15.6 Å². The molecule has 4 rings (SSSR count). The highest BCUT2D eigenvalue weighted by atomic mass is 35.5. The molecule has 2 heterocycles. The van der Waals surface area contributed by atoms with Crippen LogP contribution in [-0.2, 0) is 9.59 Å². The molecule has 0 radical (unpaired) electrons. The highest BCUT2D eigenvalue weighted by molar-refractivity contribution is 7.11. The number of carbonyl (C=O) groups is 2. The van der Waals surface area contributed by atoms with Gasteiger partial charge in [0.15, 0.2) is 0 Å². The molecule has 1 aliphatic heterocycles. The molecule has 1 aliphatic rings. The Morgan fingerprint density at radius 3 is 2.54 bits per heavy atom. The second-order valence-electron chi connectivity index (χ2n) is 6.24. The Hall–Kier alpha value is -2.96. The number of hydrogen-bond donors (Lipinski definition) is 1. The van der Waals surface area contributed by atoms with Crippen LogP contribution in [0.25, 0.3) is 5.57 Å². The molecule has 7 heteroatoms. The van der Waals surface area contributed by atoms with Crippen LogP contribution in [0.15, 0.2) is 65.7 Å². The van der Waals surface area contributed by atoms with Crippen LogP contribution in [0.1, 0.15) is 10.4 Å². The predicted molar refractivity (Wildman–Crippen MR) is 110 cm³/mol. The van der Waals surface area contributed by atoms with Gasteiger partial charge in [0.05, 0.1) is 11.3 Å². The minimum atomic E-state index is -0.516. The van der Waals surface area contributed by atoms with Crippen molar-refractivity contribution in [2.24, 2.45) is 0 Å². The summed E-state index contributed by atoms with van der Waals surface area (Å²) < 4.78 is 13.6. The van der Waals surface area contributed by atoms with Gasteiger partial charge in [-0.3, -0.25) is 9.59 Å². The molecule has 0 saturated carbocycles. The summed E-state index contributed by atoms with van der Waals surface area (Å²) in [4.78, 5) is 28.1. The summed E-state index contributed by atoms with van der Waals surface area (Å²) >= 11 is 7.54. The fourth-order valence-corrected chi connectivity index (χ4v) is 3.90. The number of nitrogens with one attached hydrogen (secondary N) is 1. The van der Waals surface area contributed by atoms with Gasteiger partial charge in [-0.05, 0) is 54.3 Å². The van der Waals surface area contributed by atoms with E-state index in [1.807, 2.05) is 12.3 Å². The summed E-state index contributed by atoms with van der Waals surface area (Å²) in [6.45, 7) is 1.84. The van der Waals surface area contributed by atoms with Crippen molar-refractivity contribution in [3.63, 3.8) is 0 Å². The first kappa shape index (κ1) is 18.4. The number of anilines is 2. The SMILES string of the molecule is Cc1ccc(N2C(=O)C(Nc3cccc(F)c3)=C(c3cccs3)C2=O)cc1Cl. The van der Waals surface area contributed by atoms with Gasteiger partial charge in [0.25, 0.3) is 11.8 Å². The standard InChI is InChI=1S/C21H14ClFN2O2S/c1-12-7-8-15(11-16(12)22)25-20(26)18(17-6-3-9-28-17)19(21(25)27)24-14-5-2-4-13(23)10-14/h2-11,24H,1H3. The largest absolute Gasteiger partial charge is 0.350 e. The average Bonchev–Trinajstić information content (AvgIpc) is 3.25. The fourth-order valence-electron chi connectivity index (χ4n) is 2.96. The normalized spacial score (nSPS) is 14.2. The molecule has 28 heavy (non-hydrogen) atoms. The molecule has 0 unspecified atom stereocenters. The Balaban J connectivity index is 1.80. The number of aryl methyl sites for hydroxylation is 1. The smallest absolute Gasteiger partial charge is 0.282 e. The third-order valence-corrected chi connectivity index (χ3v) is 5.65. The summed E-state index contributed by atoms with van der Waals surface area (Å²) in [5.74, 6) is -1.41. The Labute approximate surface area is 169 Å². The average molecular weight is 413 g/mol. The molecule has 4 nitrogen and oxygen atoms in total. The van der Waals surface area contributed by atoms with E-state index < -0.39 is 17.6 Å². The molecule has 0 fully saturated rings. The van der Waals surface area contributed by atoms with E-state index in [2.05, 4.69) is 5.32 Å². The molecule has 1 N–H and O–H groups in total. The van der Waals surface area contributed by atoms with E-state index in [9.17, 15) is 14.0 Å². The number of benzene rings is 2. The van der Waals surface area contributed by atoms with Crippen LogP contribution in [0.2, 0.25) is 5.02 Å². The zero-order valence-electron chi connectivity index (χ0n) is 14.7. The van der Waals surface area contributed by atoms with Crippen molar-refractivity contribution in [2.45, 2.75) is 6.92 Å². The van der Waals surface area contributed by atoms with Crippen LogP contribution in [0.3, 0.4) is 0 Å². The fraction of sp³-hybridized carbons (Fsp3) is 0.0476. The third kappa shape index (κ3) is 3.21. The molecule has 0 bridgehead atoms. The Morgan fingerprint density at radius 1 is 1.04 bits per heavy atom. The zero-order valence-corrected chi connectivity index (χ0v) is 16.3. The van der Waals surface area contributed by atoms with Crippen molar-refractivity contribution in [3.8, 4) is 0 Å². The van der Waals surface area contributed by atoms with Gasteiger partial charge in [-0.2, -0.15) is 0 Å². The van der Waals surface area contributed by atoms with Crippen LogP contribution in [0.4, 0.5) is 15.8 Å². The quantitative estimate of drug-likeness (QED) is 0.596. The molecule has 140 valence electrons. The molecular formula is C21H14ClFN2O2S. The summed E-state index contributed by atoms with van der Waals surface area (Å²) in [5, 5.41) is 5.21. The highest BCUT2D eigenvalue weighted by Crippen LogP contribution is 2.36. The number of halogens is 2. The van der Waals surface area contributed by atoms with Gasteiger partial charge in [0.1, 0.15) is 11.5 Å². The first-order valence-electron chi connectivity index (χ1n) is 8.41. The lowest BCUT2D eigenvalue weighted by Gasteiger charge is -2.16. The van der Waals surface area contributed by atoms with Gasteiger partial charge >= 0.3 is 0 Å². The second-order valence-corrected chi connectivity index (χ2v) is 7.60. The number of hydrogen-bond acceptors (Lipinski definition) is 4. The molecular weight excluding hydrogens is 399 g/mol.